The van der Waals surface area contributed by atoms with Crippen molar-refractivity contribution in [1.29, 1.82) is 0 Å². The van der Waals surface area contributed by atoms with E-state index in [1.807, 2.05) is 27.7 Å². The number of likely N-dealkylation sites (N-methyl/N-ethyl adjacent to an activating group) is 1. The summed E-state index contributed by atoms with van der Waals surface area (Å²) in [6.45, 7) is 12.0. The van der Waals surface area contributed by atoms with Gasteiger partial charge in [-0.15, -0.1) is 0 Å². The summed E-state index contributed by atoms with van der Waals surface area (Å²) in [5, 5.41) is 9.75. The monoisotopic (exact) mass is 545 g/mol. The van der Waals surface area contributed by atoms with E-state index in [2.05, 4.69) is 6.58 Å². The van der Waals surface area contributed by atoms with Gasteiger partial charge in [-0.25, -0.2) is 0 Å². The number of aliphatic hydroxyl groups excluding tert-OH is 1. The smallest absolute Gasteiger partial charge is 0.259 e. The first-order valence-corrected chi connectivity index (χ1v) is 13.2. The summed E-state index contributed by atoms with van der Waals surface area (Å²) in [4.78, 5) is 15.5. The van der Waals surface area contributed by atoms with Crippen LogP contribution in [0.5, 0.6) is 0 Å². The van der Waals surface area contributed by atoms with E-state index in [0.29, 0.717) is 12.8 Å². The third-order valence-electron chi connectivity index (χ3n) is 8.70. The molecule has 10 atom stereocenters. The predicted octanol–water partition coefficient (Wildman–Crippen LogP) is 1.71. The van der Waals surface area contributed by atoms with Crippen LogP contribution in [0.15, 0.2) is 12.2 Å². The Morgan fingerprint density at radius 3 is 2.37 bits per heavy atom. The molecule has 3 rings (SSSR count). The topological polar surface area (TPSA) is 114 Å². The highest BCUT2D eigenvalue weighted by Gasteiger charge is 2.58. The fraction of sp³-hybridized carbons (Fsp3) is 0.889. The fourth-order valence-corrected chi connectivity index (χ4v) is 5.96. The maximum atomic E-state index is 14.0. The molecule has 0 aromatic rings. The second-order valence-electron chi connectivity index (χ2n) is 11.2. The Labute approximate surface area is 226 Å². The lowest BCUT2D eigenvalue weighted by Gasteiger charge is -2.55. The van der Waals surface area contributed by atoms with Crippen LogP contribution >= 0.6 is 0 Å². The van der Waals surface area contributed by atoms with Crippen LogP contribution in [0, 0.1) is 11.3 Å². The van der Waals surface area contributed by atoms with Gasteiger partial charge in [-0.1, -0.05) is 32.9 Å². The first kappa shape index (κ1) is 31.4. The predicted molar refractivity (Wildman–Crippen MR) is 137 cm³/mol. The Morgan fingerprint density at radius 2 is 1.84 bits per heavy atom. The number of fused-ring (bicyclic) bond motifs is 1. The van der Waals surface area contributed by atoms with E-state index in [1.54, 1.807) is 21.3 Å². The van der Waals surface area contributed by atoms with E-state index in [1.165, 1.54) is 19.1 Å². The molecule has 1 N–H and O–H groups in total. The normalized spacial score (nSPS) is 38.8. The molecule has 0 spiro atoms. The first-order chi connectivity index (χ1) is 17.9. The van der Waals surface area contributed by atoms with Crippen molar-refractivity contribution >= 4 is 5.91 Å². The Hall–Kier alpha value is -1.15. The van der Waals surface area contributed by atoms with Crippen molar-refractivity contribution < 1.29 is 47.8 Å². The highest BCUT2D eigenvalue weighted by Crippen LogP contribution is 2.45. The van der Waals surface area contributed by atoms with E-state index >= 15 is 0 Å². The van der Waals surface area contributed by atoms with Crippen LogP contribution in [-0.4, -0.2) is 120 Å². The summed E-state index contributed by atoms with van der Waals surface area (Å²) in [6, 6.07) is 0. The maximum absolute atomic E-state index is 14.0. The minimum Gasteiger partial charge on any atom is -0.394 e. The number of hydrogen-bond donors (Lipinski definition) is 1. The molecule has 1 amide bonds. The molecule has 11 nitrogen and oxygen atoms in total. The molecule has 0 radical (unpaired) electrons. The molecule has 0 bridgehead atoms. The number of rotatable bonds is 10. The van der Waals surface area contributed by atoms with Crippen LogP contribution in [0.25, 0.3) is 0 Å². The lowest BCUT2D eigenvalue weighted by molar-refractivity contribution is -0.347. The van der Waals surface area contributed by atoms with E-state index in [0.717, 1.165) is 5.57 Å². The summed E-state index contributed by atoms with van der Waals surface area (Å²) in [7, 11) is 7.78. The molecule has 3 heterocycles. The van der Waals surface area contributed by atoms with Crippen molar-refractivity contribution in [3.63, 3.8) is 0 Å². The minimum atomic E-state index is -1.34. The number of ether oxygens (including phenoxy) is 8. The molecule has 3 fully saturated rings. The van der Waals surface area contributed by atoms with Crippen LogP contribution in [0.1, 0.15) is 40.5 Å². The van der Waals surface area contributed by atoms with E-state index in [9.17, 15) is 9.90 Å². The van der Waals surface area contributed by atoms with Gasteiger partial charge in [-0.05, 0) is 6.92 Å². The third kappa shape index (κ3) is 5.68. The summed E-state index contributed by atoms with van der Waals surface area (Å²) in [5.41, 5.74) is 0.440. The molecule has 11 heteroatoms. The zero-order chi connectivity index (χ0) is 28.4. The van der Waals surface area contributed by atoms with Crippen LogP contribution in [0.2, 0.25) is 0 Å². The van der Waals surface area contributed by atoms with Crippen LogP contribution in [0.4, 0.5) is 0 Å². The molecular weight excluding hydrogens is 498 g/mol. The molecule has 220 valence electrons. The Bertz CT molecular complexity index is 820. The van der Waals surface area contributed by atoms with E-state index < -0.39 is 47.8 Å². The van der Waals surface area contributed by atoms with Gasteiger partial charge in [0.2, 0.25) is 5.79 Å². The number of carbonyl (C=O) groups is 1. The molecule has 3 aliphatic rings. The third-order valence-corrected chi connectivity index (χ3v) is 8.70. The lowest BCUT2D eigenvalue weighted by Crippen LogP contribution is -2.69. The van der Waals surface area contributed by atoms with Crippen molar-refractivity contribution in [2.24, 2.45) is 11.3 Å². The van der Waals surface area contributed by atoms with Gasteiger partial charge in [0.1, 0.15) is 19.0 Å². The molecular formula is C27H47NO10. The van der Waals surface area contributed by atoms with E-state index in [4.69, 9.17) is 37.9 Å². The molecule has 3 saturated heterocycles. The number of hydrogen-bond acceptors (Lipinski definition) is 10. The Morgan fingerprint density at radius 1 is 1.16 bits per heavy atom. The van der Waals surface area contributed by atoms with Gasteiger partial charge in [0, 0.05) is 59.7 Å². The Kier molecular flexibility index (Phi) is 10.4. The average molecular weight is 546 g/mol. The first-order valence-electron chi connectivity index (χ1n) is 13.2. The zero-order valence-corrected chi connectivity index (χ0v) is 24.3. The molecule has 3 aliphatic heterocycles. The largest absolute Gasteiger partial charge is 0.394 e. The molecule has 38 heavy (non-hydrogen) atoms. The zero-order valence-electron chi connectivity index (χ0n) is 24.3. The highest BCUT2D eigenvalue weighted by atomic mass is 16.7. The van der Waals surface area contributed by atoms with Gasteiger partial charge in [-0.2, -0.15) is 0 Å². The molecule has 0 aromatic heterocycles. The molecule has 0 unspecified atom stereocenters. The second-order valence-corrected chi connectivity index (χ2v) is 11.2. The Balaban J connectivity index is 1.90. The summed E-state index contributed by atoms with van der Waals surface area (Å²) >= 11 is 0. The van der Waals surface area contributed by atoms with Crippen molar-refractivity contribution in [1.82, 2.24) is 4.90 Å². The van der Waals surface area contributed by atoms with Gasteiger partial charge in [0.25, 0.3) is 5.91 Å². The van der Waals surface area contributed by atoms with Crippen LogP contribution in [0.3, 0.4) is 0 Å². The van der Waals surface area contributed by atoms with E-state index in [-0.39, 0.29) is 37.6 Å². The van der Waals surface area contributed by atoms with Gasteiger partial charge in [-0.3, -0.25) is 4.79 Å². The van der Waals surface area contributed by atoms with Gasteiger partial charge in [0.15, 0.2) is 12.3 Å². The number of nitrogens with zero attached hydrogens (tertiary/aromatic N) is 1. The average Bonchev–Trinajstić information content (AvgIpc) is 2.89. The highest BCUT2D eigenvalue weighted by molar-refractivity contribution is 5.82. The van der Waals surface area contributed by atoms with Gasteiger partial charge >= 0.3 is 0 Å². The summed E-state index contributed by atoms with van der Waals surface area (Å²) in [6.07, 6.45) is -3.71. The van der Waals surface area contributed by atoms with Gasteiger partial charge < -0.3 is 47.9 Å². The minimum absolute atomic E-state index is 0.0420. The molecule has 0 aromatic carbocycles. The summed E-state index contributed by atoms with van der Waals surface area (Å²) in [5.74, 6) is -1.62. The van der Waals surface area contributed by atoms with Crippen molar-refractivity contribution in [3.05, 3.63) is 12.2 Å². The molecule has 0 aliphatic carbocycles. The van der Waals surface area contributed by atoms with Gasteiger partial charge in [0.05, 0.1) is 31.0 Å². The van der Waals surface area contributed by atoms with Crippen LogP contribution in [-0.2, 0) is 42.7 Å². The fourth-order valence-electron chi connectivity index (χ4n) is 5.96. The maximum Gasteiger partial charge on any atom is 0.259 e. The standard InChI is InChI=1S/C27H47NO10/c1-15-12-27(34-10,38-17(3)16(15)2)23(33-9)24(30)28(6)25-21-20(35-14-36-25)22(32-8)26(4,5)19(37-21)11-18(13-29)31-7/h16-23,25,29H,1,11-14H2,2-10H3/t16-,17-,18-,19-,20+,21+,22-,23-,25+,27-/m1/s1. The second kappa shape index (κ2) is 12.6. The van der Waals surface area contributed by atoms with Crippen molar-refractivity contribution in [3.8, 4) is 0 Å². The SMILES string of the molecule is C=C1C[C@](OC)([C@H](OC)C(=O)N(C)[C@H]2OCO[C@H]3[C@@H]2O[C@H](C[C@H](CO)OC)C(C)(C)[C@@H]3OC)O[C@H](C)[C@@H]1C. The molecule has 0 saturated carbocycles. The number of methoxy groups -OCH3 is 4. The van der Waals surface area contributed by atoms with Crippen LogP contribution < -0.4 is 0 Å². The lowest BCUT2D eigenvalue weighted by atomic mass is 9.72. The van der Waals surface area contributed by atoms with Crippen molar-refractivity contribution in [2.45, 2.75) is 95.3 Å². The quantitative estimate of drug-likeness (QED) is 0.407. The van der Waals surface area contributed by atoms with Crippen molar-refractivity contribution in [2.75, 3.05) is 48.9 Å². The summed E-state index contributed by atoms with van der Waals surface area (Å²) < 4.78 is 47.7. The number of amides is 1. The number of aliphatic hydroxyl groups is 1. The number of carbonyl (C=O) groups excluding carboxylic acids is 1.